The number of amides is 1. The van der Waals surface area contributed by atoms with Crippen LogP contribution in [0.2, 0.25) is 0 Å². The van der Waals surface area contributed by atoms with Crippen LogP contribution in [0.4, 0.5) is 5.69 Å². The van der Waals surface area contributed by atoms with Crippen LogP contribution >= 0.6 is 0 Å². The Morgan fingerprint density at radius 3 is 2.08 bits per heavy atom. The van der Waals surface area contributed by atoms with Crippen LogP contribution < -0.4 is 4.31 Å². The van der Waals surface area contributed by atoms with Crippen molar-refractivity contribution >= 4 is 21.6 Å². The second-order valence-corrected chi connectivity index (χ2v) is 7.93. The molecule has 0 unspecified atom stereocenters. The summed E-state index contributed by atoms with van der Waals surface area (Å²) in [5.41, 5.74) is 2.61. The number of sulfonamides is 1. The van der Waals surface area contributed by atoms with Crippen molar-refractivity contribution in [3.05, 3.63) is 65.7 Å². The average molecular weight is 360 g/mol. The van der Waals surface area contributed by atoms with E-state index in [-0.39, 0.29) is 12.5 Å². The first-order valence-electron chi connectivity index (χ1n) is 8.15. The Bertz CT molecular complexity index is 802. The summed E-state index contributed by atoms with van der Waals surface area (Å²) in [5.74, 6) is -0.256. The van der Waals surface area contributed by atoms with Gasteiger partial charge in [0, 0.05) is 13.6 Å². The minimum atomic E-state index is -3.55. The molecule has 5 nitrogen and oxygen atoms in total. The number of anilines is 1. The van der Waals surface area contributed by atoms with Crippen LogP contribution in [0.5, 0.6) is 0 Å². The number of carbonyl (C=O) groups is 1. The summed E-state index contributed by atoms with van der Waals surface area (Å²) >= 11 is 0. The molecule has 134 valence electrons. The molecule has 1 amide bonds. The van der Waals surface area contributed by atoms with Crippen LogP contribution in [0.1, 0.15) is 18.1 Å². The lowest BCUT2D eigenvalue weighted by Crippen LogP contribution is -2.41. The van der Waals surface area contributed by atoms with Gasteiger partial charge < -0.3 is 4.90 Å². The van der Waals surface area contributed by atoms with E-state index in [2.05, 4.69) is 0 Å². The number of rotatable bonds is 7. The molecule has 2 aromatic rings. The summed E-state index contributed by atoms with van der Waals surface area (Å²) in [4.78, 5) is 14.1. The number of benzene rings is 2. The Morgan fingerprint density at radius 1 is 0.960 bits per heavy atom. The van der Waals surface area contributed by atoms with Crippen LogP contribution in [0.15, 0.2) is 54.6 Å². The molecule has 0 spiro atoms. The summed E-state index contributed by atoms with van der Waals surface area (Å²) in [6, 6.07) is 16.8. The van der Waals surface area contributed by atoms with E-state index in [0.717, 1.165) is 28.1 Å². The number of hydrogen-bond acceptors (Lipinski definition) is 3. The minimum absolute atomic E-state index is 0.215. The van der Waals surface area contributed by atoms with Crippen LogP contribution in [0.25, 0.3) is 0 Å². The Hall–Kier alpha value is -2.34. The number of hydrogen-bond donors (Lipinski definition) is 0. The molecule has 2 rings (SSSR count). The fourth-order valence-electron chi connectivity index (χ4n) is 2.49. The van der Waals surface area contributed by atoms with Gasteiger partial charge in [0.2, 0.25) is 15.9 Å². The summed E-state index contributed by atoms with van der Waals surface area (Å²) in [7, 11) is -1.88. The monoisotopic (exact) mass is 360 g/mol. The fraction of sp³-hybridized carbons (Fsp3) is 0.316. The maximum atomic E-state index is 12.5. The highest BCUT2D eigenvalue weighted by atomic mass is 32.2. The molecule has 6 heteroatoms. The van der Waals surface area contributed by atoms with Crippen LogP contribution in [0, 0.1) is 0 Å². The van der Waals surface area contributed by atoms with Gasteiger partial charge >= 0.3 is 0 Å². The SMILES string of the molecule is CCc1ccc(N(CC(=O)N(C)Cc2ccccc2)S(C)(=O)=O)cc1. The van der Waals surface area contributed by atoms with E-state index < -0.39 is 10.0 Å². The molecular weight excluding hydrogens is 336 g/mol. The third-order valence-electron chi connectivity index (χ3n) is 4.00. The van der Waals surface area contributed by atoms with Gasteiger partial charge in [-0.05, 0) is 29.7 Å². The van der Waals surface area contributed by atoms with Gasteiger partial charge in [0.05, 0.1) is 11.9 Å². The lowest BCUT2D eigenvalue weighted by molar-refractivity contribution is -0.128. The first-order chi connectivity index (χ1) is 11.8. The predicted octanol–water partition coefficient (Wildman–Crippen LogP) is 2.67. The number of likely N-dealkylation sites (N-methyl/N-ethyl adjacent to an activating group) is 1. The zero-order valence-corrected chi connectivity index (χ0v) is 15.7. The molecule has 0 bridgehead atoms. The van der Waals surface area contributed by atoms with Crippen molar-refractivity contribution in [3.8, 4) is 0 Å². The molecule has 0 aliphatic heterocycles. The van der Waals surface area contributed by atoms with Gasteiger partial charge in [-0.25, -0.2) is 8.42 Å². The van der Waals surface area contributed by atoms with E-state index in [1.807, 2.05) is 49.4 Å². The normalized spacial score (nSPS) is 11.2. The van der Waals surface area contributed by atoms with Crippen molar-refractivity contribution in [2.24, 2.45) is 0 Å². The molecule has 2 aromatic carbocycles. The summed E-state index contributed by atoms with van der Waals surface area (Å²) < 4.78 is 25.5. The third-order valence-corrected chi connectivity index (χ3v) is 5.14. The predicted molar refractivity (Wildman–Crippen MR) is 101 cm³/mol. The van der Waals surface area contributed by atoms with Gasteiger partial charge in [0.25, 0.3) is 0 Å². The van der Waals surface area contributed by atoms with E-state index in [9.17, 15) is 13.2 Å². The van der Waals surface area contributed by atoms with Gasteiger partial charge in [0.1, 0.15) is 6.54 Å². The number of nitrogens with zero attached hydrogens (tertiary/aromatic N) is 2. The molecule has 0 saturated heterocycles. The maximum Gasteiger partial charge on any atom is 0.243 e. The summed E-state index contributed by atoms with van der Waals surface area (Å²) in [5, 5.41) is 0. The molecule has 25 heavy (non-hydrogen) atoms. The van der Waals surface area contributed by atoms with E-state index in [1.54, 1.807) is 19.2 Å². The molecule has 0 atom stereocenters. The van der Waals surface area contributed by atoms with Crippen LogP contribution in [0.3, 0.4) is 0 Å². The average Bonchev–Trinajstić information content (AvgIpc) is 2.59. The smallest absolute Gasteiger partial charge is 0.243 e. The van der Waals surface area contributed by atoms with Crippen LogP contribution in [-0.4, -0.2) is 39.1 Å². The lowest BCUT2D eigenvalue weighted by atomic mass is 10.1. The van der Waals surface area contributed by atoms with Crippen LogP contribution in [-0.2, 0) is 27.8 Å². The van der Waals surface area contributed by atoms with Gasteiger partial charge in [-0.2, -0.15) is 0 Å². The second kappa shape index (κ2) is 8.16. The highest BCUT2D eigenvalue weighted by Gasteiger charge is 2.22. The fourth-order valence-corrected chi connectivity index (χ4v) is 3.34. The Labute approximate surface area is 149 Å². The molecule has 0 N–H and O–H groups in total. The zero-order chi connectivity index (χ0) is 18.4. The second-order valence-electron chi connectivity index (χ2n) is 6.03. The third kappa shape index (κ3) is 5.32. The van der Waals surface area contributed by atoms with Crippen molar-refractivity contribution in [2.45, 2.75) is 19.9 Å². The summed E-state index contributed by atoms with van der Waals surface area (Å²) in [6.07, 6.45) is 1.99. The molecule has 0 radical (unpaired) electrons. The first-order valence-corrected chi connectivity index (χ1v) is 10.0. The molecule has 0 aromatic heterocycles. The minimum Gasteiger partial charge on any atom is -0.340 e. The van der Waals surface area contributed by atoms with Gasteiger partial charge in [-0.15, -0.1) is 0 Å². The lowest BCUT2D eigenvalue weighted by Gasteiger charge is -2.25. The molecule has 0 aliphatic rings. The van der Waals surface area contributed by atoms with E-state index in [4.69, 9.17) is 0 Å². The van der Waals surface area contributed by atoms with Crippen molar-refractivity contribution in [2.75, 3.05) is 24.2 Å². The molecule has 0 fully saturated rings. The number of aryl methyl sites for hydroxylation is 1. The van der Waals surface area contributed by atoms with Crippen molar-refractivity contribution in [1.29, 1.82) is 0 Å². The first kappa shape index (κ1) is 19.0. The molecule has 0 aliphatic carbocycles. The van der Waals surface area contributed by atoms with E-state index in [1.165, 1.54) is 4.90 Å². The number of carbonyl (C=O) groups excluding carboxylic acids is 1. The van der Waals surface area contributed by atoms with Crippen molar-refractivity contribution < 1.29 is 13.2 Å². The zero-order valence-electron chi connectivity index (χ0n) is 14.8. The topological polar surface area (TPSA) is 57.7 Å². The largest absolute Gasteiger partial charge is 0.340 e. The Kier molecular flexibility index (Phi) is 6.20. The van der Waals surface area contributed by atoms with Crippen molar-refractivity contribution in [1.82, 2.24) is 4.90 Å². The quantitative estimate of drug-likeness (QED) is 0.763. The maximum absolute atomic E-state index is 12.5. The van der Waals surface area contributed by atoms with E-state index >= 15 is 0 Å². The van der Waals surface area contributed by atoms with Gasteiger partial charge in [-0.3, -0.25) is 9.10 Å². The molecular formula is C19H24N2O3S. The van der Waals surface area contributed by atoms with Crippen molar-refractivity contribution in [3.63, 3.8) is 0 Å². The van der Waals surface area contributed by atoms with Gasteiger partial charge in [-0.1, -0.05) is 49.4 Å². The highest BCUT2D eigenvalue weighted by molar-refractivity contribution is 7.92. The summed E-state index contributed by atoms with van der Waals surface area (Å²) in [6.45, 7) is 2.26. The molecule has 0 saturated carbocycles. The Balaban J connectivity index is 2.14. The standard InChI is InChI=1S/C19H24N2O3S/c1-4-16-10-12-18(13-11-16)21(25(3,23)24)15-19(22)20(2)14-17-8-6-5-7-9-17/h5-13H,4,14-15H2,1-3H3. The molecule has 0 heterocycles. The van der Waals surface area contributed by atoms with E-state index in [0.29, 0.717) is 12.2 Å². The Morgan fingerprint density at radius 2 is 1.56 bits per heavy atom. The highest BCUT2D eigenvalue weighted by Crippen LogP contribution is 2.19. The van der Waals surface area contributed by atoms with Gasteiger partial charge in [0.15, 0.2) is 0 Å².